The largest absolute Gasteiger partial charge is 0.481 e. The van der Waals surface area contributed by atoms with Crippen molar-refractivity contribution in [3.63, 3.8) is 0 Å². The number of likely N-dealkylation sites (tertiary alicyclic amines) is 1. The molecule has 2 amide bonds. The Hall–Kier alpha value is -4.90. The number of halogens is 3. The molecule has 258 valence electrons. The van der Waals surface area contributed by atoms with Crippen LogP contribution in [0.15, 0.2) is 72.0 Å². The summed E-state index contributed by atoms with van der Waals surface area (Å²) in [5.74, 6) is -3.22. The molecule has 2 heterocycles. The molecule has 1 unspecified atom stereocenters. The van der Waals surface area contributed by atoms with Crippen molar-refractivity contribution in [3.8, 4) is 22.6 Å². The standard InChI is InChI=1S/C38H40F3N3O5/c1-5-22(2)13-25(11-12-43-19-27(39)20-43)18-44(21-45)37-29-16-28(9-10-31(29)40)49-33-8-6-7-23(3)35(33)26-14-24(4)36(41)30(15-26)32(17-34(46)47)42-38(37)48/h6-10,13-16,18,21,27,32,37H,5,11-12,17,19-20H2,1-4H3,(H,42,48)(H,46,47)/b22-13+,25-18-/t32-,37?/m0/s1. The van der Waals surface area contributed by atoms with E-state index in [1.165, 1.54) is 24.4 Å². The van der Waals surface area contributed by atoms with Gasteiger partial charge < -0.3 is 20.1 Å². The van der Waals surface area contributed by atoms with Gasteiger partial charge in [0.15, 0.2) is 0 Å². The smallest absolute Gasteiger partial charge is 0.305 e. The van der Waals surface area contributed by atoms with Crippen LogP contribution in [0.4, 0.5) is 13.2 Å². The molecule has 0 aliphatic carbocycles. The number of carbonyl (C=O) groups is 3. The summed E-state index contributed by atoms with van der Waals surface area (Å²) in [6, 6.07) is 9.26. The number of nitrogens with zero attached hydrogens (tertiary/aromatic N) is 2. The first kappa shape index (κ1) is 35.4. The number of benzene rings is 3. The van der Waals surface area contributed by atoms with Crippen molar-refractivity contribution in [2.75, 3.05) is 19.6 Å². The molecule has 5 rings (SSSR count). The van der Waals surface area contributed by atoms with Crippen LogP contribution in [-0.2, 0) is 14.4 Å². The SMILES string of the molecule is CC/C(C)=C/C(=C\N(C=O)C1C(=O)N[C@@H](CC(=O)O)c2cc(cc(C)c2F)-c2c(C)cccc2Oc2ccc(F)c1c2)CCN1CC(F)C1. The Labute approximate surface area is 283 Å². The quantitative estimate of drug-likeness (QED) is 0.171. The summed E-state index contributed by atoms with van der Waals surface area (Å²) in [6.45, 7) is 8.36. The molecule has 3 aromatic carbocycles. The maximum Gasteiger partial charge on any atom is 0.305 e. The van der Waals surface area contributed by atoms with Crippen molar-refractivity contribution in [1.29, 1.82) is 0 Å². The molecule has 1 fully saturated rings. The maximum absolute atomic E-state index is 15.9. The van der Waals surface area contributed by atoms with Gasteiger partial charge in [-0.25, -0.2) is 13.2 Å². The van der Waals surface area contributed by atoms with Crippen molar-refractivity contribution in [1.82, 2.24) is 15.1 Å². The van der Waals surface area contributed by atoms with Crippen LogP contribution < -0.4 is 10.1 Å². The highest BCUT2D eigenvalue weighted by Gasteiger charge is 2.34. The van der Waals surface area contributed by atoms with Gasteiger partial charge in [0, 0.05) is 42.5 Å². The number of amides is 2. The van der Waals surface area contributed by atoms with E-state index in [1.54, 1.807) is 25.1 Å². The van der Waals surface area contributed by atoms with Gasteiger partial charge in [0.05, 0.1) is 12.5 Å². The number of aliphatic carboxylic acids is 1. The number of fused-ring (bicyclic) bond motifs is 6. The number of ether oxygens (including phenoxy) is 1. The topological polar surface area (TPSA) is 99.2 Å². The van der Waals surface area contributed by atoms with Gasteiger partial charge in [0.25, 0.3) is 0 Å². The first-order valence-corrected chi connectivity index (χ1v) is 16.2. The molecule has 11 heteroatoms. The zero-order valence-electron chi connectivity index (χ0n) is 27.9. The van der Waals surface area contributed by atoms with Gasteiger partial charge >= 0.3 is 5.97 Å². The van der Waals surface area contributed by atoms with Gasteiger partial charge in [0.2, 0.25) is 12.3 Å². The lowest BCUT2D eigenvalue weighted by Gasteiger charge is -2.34. The molecular formula is C38H40F3N3O5. The number of hydrogen-bond acceptors (Lipinski definition) is 5. The normalized spacial score (nSPS) is 18.6. The summed E-state index contributed by atoms with van der Waals surface area (Å²) >= 11 is 0. The molecule has 2 aliphatic rings. The van der Waals surface area contributed by atoms with Gasteiger partial charge in [0.1, 0.15) is 35.3 Å². The van der Waals surface area contributed by atoms with Gasteiger partial charge in [-0.2, -0.15) is 0 Å². The molecule has 0 aromatic heterocycles. The third-order valence-corrected chi connectivity index (χ3v) is 8.97. The molecule has 2 aliphatic heterocycles. The average Bonchev–Trinajstić information content (AvgIpc) is 3.04. The molecule has 2 atom stereocenters. The fourth-order valence-corrected chi connectivity index (χ4v) is 6.24. The van der Waals surface area contributed by atoms with E-state index >= 15 is 8.78 Å². The van der Waals surface area contributed by atoms with E-state index in [9.17, 15) is 23.9 Å². The van der Waals surface area contributed by atoms with Crippen LogP contribution in [0.25, 0.3) is 11.1 Å². The van der Waals surface area contributed by atoms with E-state index in [2.05, 4.69) is 5.32 Å². The van der Waals surface area contributed by atoms with Crippen molar-refractivity contribution in [3.05, 3.63) is 106 Å². The lowest BCUT2D eigenvalue weighted by Crippen LogP contribution is -2.48. The molecule has 0 saturated carbocycles. The Morgan fingerprint density at radius 3 is 2.53 bits per heavy atom. The van der Waals surface area contributed by atoms with Crippen molar-refractivity contribution in [2.24, 2.45) is 0 Å². The third-order valence-electron chi connectivity index (χ3n) is 8.97. The van der Waals surface area contributed by atoms with E-state index in [1.807, 2.05) is 37.8 Å². The Morgan fingerprint density at radius 1 is 1.10 bits per heavy atom. The second-order valence-electron chi connectivity index (χ2n) is 12.7. The molecule has 4 bridgehead atoms. The second kappa shape index (κ2) is 15.1. The molecule has 2 N–H and O–H groups in total. The maximum atomic E-state index is 15.9. The number of carbonyl (C=O) groups excluding carboxylic acids is 2. The van der Waals surface area contributed by atoms with Crippen molar-refractivity contribution in [2.45, 2.75) is 65.2 Å². The Morgan fingerprint density at radius 2 is 1.86 bits per heavy atom. The summed E-state index contributed by atoms with van der Waals surface area (Å²) < 4.78 is 51.5. The molecule has 0 spiro atoms. The molecule has 0 radical (unpaired) electrons. The number of rotatable bonds is 10. The Bertz CT molecular complexity index is 1820. The van der Waals surface area contributed by atoms with Gasteiger partial charge in [-0.3, -0.25) is 19.3 Å². The van der Waals surface area contributed by atoms with Crippen LogP contribution in [0.1, 0.15) is 67.4 Å². The van der Waals surface area contributed by atoms with E-state index < -0.39 is 48.2 Å². The highest BCUT2D eigenvalue weighted by molar-refractivity contribution is 5.87. The molecule has 1 saturated heterocycles. The van der Waals surface area contributed by atoms with Crippen LogP contribution >= 0.6 is 0 Å². The lowest BCUT2D eigenvalue weighted by molar-refractivity contribution is -0.138. The molecule has 3 aromatic rings. The fourth-order valence-electron chi connectivity index (χ4n) is 6.24. The summed E-state index contributed by atoms with van der Waals surface area (Å²) in [4.78, 5) is 42.2. The summed E-state index contributed by atoms with van der Waals surface area (Å²) in [7, 11) is 0. The monoisotopic (exact) mass is 675 g/mol. The van der Waals surface area contributed by atoms with Crippen molar-refractivity contribution < 1.29 is 37.4 Å². The van der Waals surface area contributed by atoms with Crippen LogP contribution in [0.3, 0.4) is 0 Å². The average molecular weight is 676 g/mol. The van der Waals surface area contributed by atoms with Gasteiger partial charge in [-0.05, 0) is 92.3 Å². The summed E-state index contributed by atoms with van der Waals surface area (Å²) in [5, 5.41) is 12.5. The Kier molecular flexibility index (Phi) is 10.9. The molecular weight excluding hydrogens is 635 g/mol. The minimum absolute atomic E-state index is 0.0822. The zero-order valence-corrected chi connectivity index (χ0v) is 27.9. The van der Waals surface area contributed by atoms with E-state index in [4.69, 9.17) is 4.74 Å². The first-order valence-electron chi connectivity index (χ1n) is 16.2. The van der Waals surface area contributed by atoms with Crippen LogP contribution in [0.2, 0.25) is 0 Å². The lowest BCUT2D eigenvalue weighted by atomic mass is 9.92. The van der Waals surface area contributed by atoms with Gasteiger partial charge in [-0.1, -0.05) is 30.7 Å². The van der Waals surface area contributed by atoms with Crippen LogP contribution in [-0.4, -0.2) is 59.0 Å². The number of nitrogens with one attached hydrogen (secondary N) is 1. The summed E-state index contributed by atoms with van der Waals surface area (Å²) in [6.07, 6.45) is 3.23. The predicted octanol–water partition coefficient (Wildman–Crippen LogP) is 7.47. The number of carboxylic acid groups (broad SMARTS) is 1. The minimum Gasteiger partial charge on any atom is -0.481 e. The molecule has 49 heavy (non-hydrogen) atoms. The van der Waals surface area contributed by atoms with E-state index in [-0.39, 0.29) is 22.4 Å². The number of alkyl halides is 1. The zero-order chi connectivity index (χ0) is 35.4. The summed E-state index contributed by atoms with van der Waals surface area (Å²) in [5.41, 5.74) is 3.45. The van der Waals surface area contributed by atoms with Gasteiger partial charge in [-0.15, -0.1) is 0 Å². The minimum atomic E-state index is -1.65. The van der Waals surface area contributed by atoms with Crippen LogP contribution in [0, 0.1) is 25.5 Å². The number of allylic oxidation sites excluding steroid dienone is 2. The molecule has 8 nitrogen and oxygen atoms in total. The van der Waals surface area contributed by atoms with E-state index in [0.29, 0.717) is 61.3 Å². The fraction of sp³-hybridized carbons (Fsp3) is 0.342. The Balaban J connectivity index is 1.70. The number of aryl methyl sites for hydroxylation is 2. The number of carboxylic acids is 1. The van der Waals surface area contributed by atoms with E-state index in [0.717, 1.165) is 22.1 Å². The first-order chi connectivity index (χ1) is 23.4. The van der Waals surface area contributed by atoms with Crippen LogP contribution in [0.5, 0.6) is 11.5 Å². The predicted molar refractivity (Wildman–Crippen MR) is 180 cm³/mol. The third kappa shape index (κ3) is 8.05. The second-order valence-corrected chi connectivity index (χ2v) is 12.7. The number of hydrogen-bond donors (Lipinski definition) is 2. The van der Waals surface area contributed by atoms with Crippen molar-refractivity contribution >= 4 is 18.3 Å². The highest BCUT2D eigenvalue weighted by atomic mass is 19.1. The highest BCUT2D eigenvalue weighted by Crippen LogP contribution is 2.40.